The van der Waals surface area contributed by atoms with Crippen LogP contribution < -0.4 is 4.74 Å². The summed E-state index contributed by atoms with van der Waals surface area (Å²) in [5.74, 6) is 1.18. The van der Waals surface area contributed by atoms with E-state index >= 15 is 0 Å². The molecular weight excluding hydrogens is 303 g/mol. The third-order valence-electron chi connectivity index (χ3n) is 4.51. The van der Waals surface area contributed by atoms with Crippen LogP contribution in [0.5, 0.6) is 11.5 Å². The van der Waals surface area contributed by atoms with Crippen molar-refractivity contribution >= 4 is 0 Å². The molecule has 0 N–H and O–H groups in total. The number of benzene rings is 2. The fraction of sp³-hybridized carbons (Fsp3) is 0.400. The molecule has 1 aliphatic rings. The summed E-state index contributed by atoms with van der Waals surface area (Å²) in [5, 5.41) is 0. The van der Waals surface area contributed by atoms with Crippen molar-refractivity contribution in [3.05, 3.63) is 59.9 Å². The van der Waals surface area contributed by atoms with Crippen LogP contribution in [-0.2, 0) is 6.42 Å². The van der Waals surface area contributed by atoms with E-state index < -0.39 is 0 Å². The molecule has 2 aromatic rings. The first-order valence-electron chi connectivity index (χ1n) is 8.62. The summed E-state index contributed by atoms with van der Waals surface area (Å²) in [7, 11) is 2.19. The molecule has 3 nitrogen and oxygen atoms in total. The number of nitrogens with zero attached hydrogens (tertiary/aromatic N) is 2. The lowest BCUT2D eigenvalue weighted by Crippen LogP contribution is -2.44. The van der Waals surface area contributed by atoms with E-state index in [2.05, 4.69) is 29.0 Å². The number of ether oxygens (including phenoxy) is 1. The molecule has 0 saturated carbocycles. The molecule has 0 atom stereocenters. The monoisotopic (exact) mass is 328 g/mol. The van der Waals surface area contributed by atoms with Crippen LogP contribution in [0.2, 0.25) is 0 Å². The number of aryl methyl sites for hydroxylation is 1. The van der Waals surface area contributed by atoms with E-state index in [0.29, 0.717) is 5.75 Å². The highest BCUT2D eigenvalue weighted by molar-refractivity contribution is 5.33. The number of likely N-dealkylation sites (N-methyl/N-ethyl adjacent to an activating group) is 1. The van der Waals surface area contributed by atoms with Crippen LogP contribution in [-0.4, -0.2) is 49.6 Å². The highest BCUT2D eigenvalue weighted by Crippen LogP contribution is 2.22. The maximum atomic E-state index is 12.9. The van der Waals surface area contributed by atoms with E-state index in [0.717, 1.165) is 12.2 Å². The van der Waals surface area contributed by atoms with Gasteiger partial charge in [0.15, 0.2) is 0 Å². The van der Waals surface area contributed by atoms with Crippen molar-refractivity contribution < 1.29 is 9.13 Å². The zero-order chi connectivity index (χ0) is 16.8. The molecule has 1 aliphatic heterocycles. The van der Waals surface area contributed by atoms with Crippen molar-refractivity contribution in [2.24, 2.45) is 0 Å². The Morgan fingerprint density at radius 1 is 0.875 bits per heavy atom. The van der Waals surface area contributed by atoms with Gasteiger partial charge < -0.3 is 14.5 Å². The van der Waals surface area contributed by atoms with E-state index in [1.807, 2.05) is 12.1 Å². The van der Waals surface area contributed by atoms with Gasteiger partial charge in [-0.3, -0.25) is 0 Å². The highest BCUT2D eigenvalue weighted by Gasteiger charge is 2.12. The van der Waals surface area contributed by atoms with E-state index in [1.165, 1.54) is 56.8 Å². The van der Waals surface area contributed by atoms with Crippen LogP contribution in [0.3, 0.4) is 0 Å². The molecule has 0 spiro atoms. The maximum Gasteiger partial charge on any atom is 0.127 e. The fourth-order valence-corrected chi connectivity index (χ4v) is 2.94. The summed E-state index contributed by atoms with van der Waals surface area (Å²) in [6.45, 7) is 5.88. The Bertz CT molecular complexity index is 619. The van der Waals surface area contributed by atoms with Gasteiger partial charge in [-0.15, -0.1) is 0 Å². The van der Waals surface area contributed by atoms with Gasteiger partial charge in [0.1, 0.15) is 17.3 Å². The van der Waals surface area contributed by atoms with Crippen molar-refractivity contribution in [2.75, 3.05) is 39.8 Å². The average Bonchev–Trinajstić information content (AvgIpc) is 2.60. The van der Waals surface area contributed by atoms with Gasteiger partial charge in [0.2, 0.25) is 0 Å². The van der Waals surface area contributed by atoms with Gasteiger partial charge in [-0.1, -0.05) is 12.1 Å². The van der Waals surface area contributed by atoms with Gasteiger partial charge in [-0.05, 0) is 68.4 Å². The molecule has 0 bridgehead atoms. The lowest BCUT2D eigenvalue weighted by Gasteiger charge is -2.32. The van der Waals surface area contributed by atoms with E-state index in [1.54, 1.807) is 12.1 Å². The molecule has 0 unspecified atom stereocenters. The van der Waals surface area contributed by atoms with Crippen molar-refractivity contribution in [1.29, 1.82) is 0 Å². The molecule has 1 fully saturated rings. The average molecular weight is 328 g/mol. The summed E-state index contributed by atoms with van der Waals surface area (Å²) in [4.78, 5) is 4.93. The molecular formula is C20H25FN2O. The Hall–Kier alpha value is -1.91. The number of piperazine rings is 1. The second kappa shape index (κ2) is 8.27. The molecule has 0 amide bonds. The minimum absolute atomic E-state index is 0.252. The first-order chi connectivity index (χ1) is 11.7. The van der Waals surface area contributed by atoms with Crippen LogP contribution in [0.25, 0.3) is 0 Å². The summed E-state index contributed by atoms with van der Waals surface area (Å²) >= 11 is 0. The fourth-order valence-electron chi connectivity index (χ4n) is 2.94. The number of rotatable bonds is 6. The second-order valence-electron chi connectivity index (χ2n) is 6.45. The van der Waals surface area contributed by atoms with Crippen molar-refractivity contribution in [2.45, 2.75) is 12.8 Å². The topological polar surface area (TPSA) is 15.7 Å². The smallest absolute Gasteiger partial charge is 0.127 e. The molecule has 0 aromatic heterocycles. The minimum Gasteiger partial charge on any atom is -0.457 e. The third-order valence-corrected chi connectivity index (χ3v) is 4.51. The molecule has 1 saturated heterocycles. The van der Waals surface area contributed by atoms with Crippen LogP contribution >= 0.6 is 0 Å². The zero-order valence-electron chi connectivity index (χ0n) is 14.2. The van der Waals surface area contributed by atoms with Gasteiger partial charge in [-0.2, -0.15) is 0 Å². The van der Waals surface area contributed by atoms with Crippen LogP contribution in [0, 0.1) is 5.82 Å². The Balaban J connectivity index is 1.43. The Morgan fingerprint density at radius 3 is 2.08 bits per heavy atom. The van der Waals surface area contributed by atoms with Crippen LogP contribution in [0.15, 0.2) is 48.5 Å². The first-order valence-corrected chi connectivity index (χ1v) is 8.62. The standard InChI is InChI=1S/C20H25FN2O/c1-22-13-15-23(16-14-22)12-2-3-17-4-8-19(9-5-17)24-20-10-6-18(21)7-11-20/h4-11H,2-3,12-16H2,1H3. The van der Waals surface area contributed by atoms with Crippen LogP contribution in [0.1, 0.15) is 12.0 Å². The molecule has 128 valence electrons. The first kappa shape index (κ1) is 16.9. The van der Waals surface area contributed by atoms with Gasteiger partial charge in [0.25, 0.3) is 0 Å². The normalized spacial score (nSPS) is 16.2. The Kier molecular flexibility index (Phi) is 5.83. The number of hydrogen-bond acceptors (Lipinski definition) is 3. The molecule has 3 rings (SSSR count). The van der Waals surface area contributed by atoms with Crippen molar-refractivity contribution in [3.8, 4) is 11.5 Å². The number of hydrogen-bond donors (Lipinski definition) is 0. The predicted molar refractivity (Wildman–Crippen MR) is 95.2 cm³/mol. The zero-order valence-corrected chi connectivity index (χ0v) is 14.2. The Morgan fingerprint density at radius 2 is 1.46 bits per heavy atom. The third kappa shape index (κ3) is 5.05. The van der Waals surface area contributed by atoms with E-state index in [-0.39, 0.29) is 5.82 Å². The quantitative estimate of drug-likeness (QED) is 0.802. The highest BCUT2D eigenvalue weighted by atomic mass is 19.1. The minimum atomic E-state index is -0.252. The summed E-state index contributed by atoms with van der Waals surface area (Å²) in [5.41, 5.74) is 1.33. The number of halogens is 1. The van der Waals surface area contributed by atoms with E-state index in [4.69, 9.17) is 4.74 Å². The lowest BCUT2D eigenvalue weighted by atomic mass is 10.1. The molecule has 2 aromatic carbocycles. The molecule has 4 heteroatoms. The summed E-state index contributed by atoms with van der Waals surface area (Å²) in [6.07, 6.45) is 2.27. The van der Waals surface area contributed by atoms with E-state index in [9.17, 15) is 4.39 Å². The Labute approximate surface area is 143 Å². The molecule has 1 heterocycles. The van der Waals surface area contributed by atoms with Gasteiger partial charge in [-0.25, -0.2) is 4.39 Å². The van der Waals surface area contributed by atoms with Gasteiger partial charge >= 0.3 is 0 Å². The van der Waals surface area contributed by atoms with Crippen molar-refractivity contribution in [1.82, 2.24) is 9.80 Å². The molecule has 0 aliphatic carbocycles. The maximum absolute atomic E-state index is 12.9. The van der Waals surface area contributed by atoms with Crippen LogP contribution in [0.4, 0.5) is 4.39 Å². The van der Waals surface area contributed by atoms with Gasteiger partial charge in [0, 0.05) is 26.2 Å². The summed E-state index contributed by atoms with van der Waals surface area (Å²) < 4.78 is 18.6. The summed E-state index contributed by atoms with van der Waals surface area (Å²) in [6, 6.07) is 14.3. The van der Waals surface area contributed by atoms with Gasteiger partial charge in [0.05, 0.1) is 0 Å². The molecule has 24 heavy (non-hydrogen) atoms. The predicted octanol–water partition coefficient (Wildman–Crippen LogP) is 3.80. The second-order valence-corrected chi connectivity index (χ2v) is 6.45. The lowest BCUT2D eigenvalue weighted by molar-refractivity contribution is 0.153. The van der Waals surface area contributed by atoms with Crippen molar-refractivity contribution in [3.63, 3.8) is 0 Å². The molecule has 0 radical (unpaired) electrons. The largest absolute Gasteiger partial charge is 0.457 e. The SMILES string of the molecule is CN1CCN(CCCc2ccc(Oc3ccc(F)cc3)cc2)CC1.